The molecule has 0 saturated carbocycles. The van der Waals surface area contributed by atoms with Crippen LogP contribution in [0.3, 0.4) is 0 Å². The first-order chi connectivity index (χ1) is 8.56. The zero-order valence-corrected chi connectivity index (χ0v) is 11.6. The Hall–Kier alpha value is -1.68. The predicted molar refractivity (Wildman–Crippen MR) is 75.7 cm³/mol. The number of halogens is 1. The second-order valence-corrected chi connectivity index (χ2v) is 5.02. The van der Waals surface area contributed by atoms with Gasteiger partial charge in [0.25, 0.3) is 0 Å². The molecule has 0 heterocycles. The smallest absolute Gasteiger partial charge is 0.145 e. The van der Waals surface area contributed by atoms with Gasteiger partial charge in [-0.3, -0.25) is 0 Å². The van der Waals surface area contributed by atoms with Gasteiger partial charge in [-0.1, -0.05) is 28.1 Å². The van der Waals surface area contributed by atoms with Crippen LogP contribution in [0.2, 0.25) is 0 Å². The predicted octanol–water partition coefficient (Wildman–Crippen LogP) is 3.62. The van der Waals surface area contributed by atoms with Gasteiger partial charge in [-0.2, -0.15) is 0 Å². The van der Waals surface area contributed by atoms with Crippen molar-refractivity contribution in [3.05, 3.63) is 52.0 Å². The van der Waals surface area contributed by atoms with Crippen LogP contribution in [-0.2, 0) is 6.61 Å². The van der Waals surface area contributed by atoms with E-state index in [2.05, 4.69) is 15.9 Å². The molecule has 0 aliphatic carbocycles. The summed E-state index contributed by atoms with van der Waals surface area (Å²) in [5, 5.41) is 9.37. The zero-order chi connectivity index (χ0) is 13.1. The Labute approximate surface area is 114 Å². The molecule has 2 aromatic rings. The zero-order valence-electron chi connectivity index (χ0n) is 9.98. The lowest BCUT2D eigenvalue weighted by Gasteiger charge is -2.12. The van der Waals surface area contributed by atoms with Crippen molar-refractivity contribution in [2.45, 2.75) is 13.5 Å². The van der Waals surface area contributed by atoms with Gasteiger partial charge < -0.3 is 15.6 Å². The molecule has 2 aromatic carbocycles. The number of aryl methyl sites for hydroxylation is 1. The van der Waals surface area contributed by atoms with Crippen LogP contribution in [0, 0.1) is 6.92 Å². The number of rotatable bonds is 3. The van der Waals surface area contributed by atoms with Crippen molar-refractivity contribution in [2.24, 2.45) is 0 Å². The first-order valence-corrected chi connectivity index (χ1v) is 6.32. The van der Waals surface area contributed by atoms with Crippen LogP contribution >= 0.6 is 15.9 Å². The molecule has 4 heteroatoms. The third kappa shape index (κ3) is 2.96. The third-order valence-electron chi connectivity index (χ3n) is 2.56. The molecule has 0 bridgehead atoms. The fraction of sp³-hybridized carbons (Fsp3) is 0.143. The molecule has 3 nitrogen and oxygen atoms in total. The van der Waals surface area contributed by atoms with Crippen LogP contribution in [0.4, 0.5) is 5.69 Å². The topological polar surface area (TPSA) is 55.5 Å². The van der Waals surface area contributed by atoms with Gasteiger partial charge in [0.2, 0.25) is 0 Å². The van der Waals surface area contributed by atoms with Gasteiger partial charge in [-0.25, -0.2) is 0 Å². The molecular formula is C14H14BrNO2. The summed E-state index contributed by atoms with van der Waals surface area (Å²) in [7, 11) is 0. The summed E-state index contributed by atoms with van der Waals surface area (Å²) < 4.78 is 6.64. The minimum absolute atomic E-state index is 0.233. The molecule has 18 heavy (non-hydrogen) atoms. The highest BCUT2D eigenvalue weighted by Crippen LogP contribution is 2.30. The number of nitrogens with two attached hydrogens (primary N) is 1. The molecule has 0 unspecified atom stereocenters. The maximum absolute atomic E-state index is 9.37. The molecule has 0 atom stereocenters. The molecule has 2 rings (SSSR count). The van der Waals surface area contributed by atoms with Crippen molar-refractivity contribution in [1.29, 1.82) is 0 Å². The molecule has 0 spiro atoms. The van der Waals surface area contributed by atoms with E-state index in [1.165, 1.54) is 0 Å². The lowest BCUT2D eigenvalue weighted by atomic mass is 10.2. The summed E-state index contributed by atoms with van der Waals surface area (Å²) in [5.74, 6) is 0.915. The minimum atomic E-state index is 0.233. The van der Waals surface area contributed by atoms with Gasteiger partial charge in [-0.05, 0) is 42.3 Å². The van der Waals surface area contributed by atoms with Gasteiger partial charge in [0.05, 0.1) is 5.69 Å². The van der Waals surface area contributed by atoms with E-state index in [-0.39, 0.29) is 5.75 Å². The normalized spacial score (nSPS) is 10.3. The quantitative estimate of drug-likeness (QED) is 0.851. The second-order valence-electron chi connectivity index (χ2n) is 4.10. The molecule has 0 aliphatic heterocycles. The number of benzene rings is 2. The summed E-state index contributed by atoms with van der Waals surface area (Å²) in [6, 6.07) is 10.7. The van der Waals surface area contributed by atoms with E-state index in [1.807, 2.05) is 25.1 Å². The Kier molecular flexibility index (Phi) is 3.77. The summed E-state index contributed by atoms with van der Waals surface area (Å²) >= 11 is 3.38. The minimum Gasteiger partial charge on any atom is -0.508 e. The van der Waals surface area contributed by atoms with Crippen LogP contribution in [-0.4, -0.2) is 5.11 Å². The van der Waals surface area contributed by atoms with Gasteiger partial charge >= 0.3 is 0 Å². The number of hydrogen-bond acceptors (Lipinski definition) is 3. The van der Waals surface area contributed by atoms with Gasteiger partial charge in [-0.15, -0.1) is 0 Å². The summed E-state index contributed by atoms with van der Waals surface area (Å²) in [4.78, 5) is 0. The molecular weight excluding hydrogens is 294 g/mol. The molecule has 0 aromatic heterocycles. The Morgan fingerprint density at radius 2 is 2.06 bits per heavy atom. The number of phenolic OH excluding ortho intramolecular Hbond substituents is 1. The Bertz CT molecular complexity index is 546. The number of aromatic hydroxyl groups is 1. The van der Waals surface area contributed by atoms with Crippen LogP contribution in [0.15, 0.2) is 40.9 Å². The lowest BCUT2D eigenvalue weighted by Crippen LogP contribution is -2.00. The number of ether oxygens (including phenoxy) is 1. The molecule has 0 fully saturated rings. The lowest BCUT2D eigenvalue weighted by molar-refractivity contribution is 0.305. The fourth-order valence-corrected chi connectivity index (χ4v) is 2.34. The van der Waals surface area contributed by atoms with Crippen molar-refractivity contribution in [2.75, 3.05) is 5.73 Å². The summed E-state index contributed by atoms with van der Waals surface area (Å²) in [6.45, 7) is 2.32. The fourth-order valence-electron chi connectivity index (χ4n) is 1.75. The van der Waals surface area contributed by atoms with Crippen molar-refractivity contribution >= 4 is 21.6 Å². The largest absolute Gasteiger partial charge is 0.508 e. The Morgan fingerprint density at radius 3 is 2.72 bits per heavy atom. The first kappa shape index (κ1) is 12.8. The van der Waals surface area contributed by atoms with Crippen molar-refractivity contribution < 1.29 is 9.84 Å². The van der Waals surface area contributed by atoms with Gasteiger partial charge in [0, 0.05) is 4.47 Å². The highest BCUT2D eigenvalue weighted by atomic mass is 79.9. The maximum Gasteiger partial charge on any atom is 0.145 e. The van der Waals surface area contributed by atoms with E-state index in [4.69, 9.17) is 10.5 Å². The maximum atomic E-state index is 9.37. The Balaban J connectivity index is 2.16. The van der Waals surface area contributed by atoms with Gasteiger partial charge in [0.15, 0.2) is 0 Å². The number of nitrogen functional groups attached to an aromatic ring is 1. The van der Waals surface area contributed by atoms with E-state index in [1.54, 1.807) is 18.2 Å². The van der Waals surface area contributed by atoms with Crippen LogP contribution in [0.5, 0.6) is 11.5 Å². The van der Waals surface area contributed by atoms with Gasteiger partial charge in [0.1, 0.15) is 18.1 Å². The molecule has 0 saturated heterocycles. The molecule has 94 valence electrons. The molecule has 0 amide bonds. The van der Waals surface area contributed by atoms with Crippen molar-refractivity contribution in [3.63, 3.8) is 0 Å². The SMILES string of the molecule is Cc1cc(Br)cc(N)c1OCc1cccc(O)c1. The number of phenols is 1. The second kappa shape index (κ2) is 5.31. The van der Waals surface area contributed by atoms with Crippen LogP contribution < -0.4 is 10.5 Å². The molecule has 0 aliphatic rings. The average Bonchev–Trinajstić information content (AvgIpc) is 2.27. The first-order valence-electron chi connectivity index (χ1n) is 5.52. The molecule has 0 radical (unpaired) electrons. The third-order valence-corrected chi connectivity index (χ3v) is 3.02. The Morgan fingerprint density at radius 1 is 1.28 bits per heavy atom. The monoisotopic (exact) mass is 307 g/mol. The average molecular weight is 308 g/mol. The van der Waals surface area contributed by atoms with Crippen LogP contribution in [0.25, 0.3) is 0 Å². The highest BCUT2D eigenvalue weighted by Gasteiger charge is 2.06. The van der Waals surface area contributed by atoms with E-state index < -0.39 is 0 Å². The van der Waals surface area contributed by atoms with Crippen molar-refractivity contribution in [1.82, 2.24) is 0 Å². The summed E-state index contributed by atoms with van der Waals surface area (Å²) in [6.07, 6.45) is 0. The molecule has 3 N–H and O–H groups in total. The standard InChI is InChI=1S/C14H14BrNO2/c1-9-5-11(15)7-13(16)14(9)18-8-10-3-2-4-12(17)6-10/h2-7,17H,8,16H2,1H3. The van der Waals surface area contributed by atoms with Crippen LogP contribution in [0.1, 0.15) is 11.1 Å². The van der Waals surface area contributed by atoms with Crippen molar-refractivity contribution in [3.8, 4) is 11.5 Å². The highest BCUT2D eigenvalue weighted by molar-refractivity contribution is 9.10. The summed E-state index contributed by atoms with van der Waals surface area (Å²) in [5.41, 5.74) is 8.38. The van der Waals surface area contributed by atoms with E-state index in [0.717, 1.165) is 15.6 Å². The van der Waals surface area contributed by atoms with E-state index >= 15 is 0 Å². The van der Waals surface area contributed by atoms with E-state index in [9.17, 15) is 5.11 Å². The number of hydrogen-bond donors (Lipinski definition) is 2. The number of anilines is 1. The van der Waals surface area contributed by atoms with E-state index in [0.29, 0.717) is 18.0 Å².